The van der Waals surface area contributed by atoms with Crippen LogP contribution >= 0.6 is 0 Å². The normalized spacial score (nSPS) is 43.9. The van der Waals surface area contributed by atoms with Crippen molar-refractivity contribution in [1.82, 2.24) is 0 Å². The molecule has 11 heavy (non-hydrogen) atoms. The van der Waals surface area contributed by atoms with Crippen LogP contribution < -0.4 is 5.73 Å². The molecular formula is C7H16AsNO2. The van der Waals surface area contributed by atoms with Gasteiger partial charge >= 0.3 is 72.7 Å². The summed E-state index contributed by atoms with van der Waals surface area (Å²) in [6.45, 7) is 6.65. The van der Waals surface area contributed by atoms with E-state index in [1.807, 2.05) is 26.5 Å². The third kappa shape index (κ3) is 1.78. The summed E-state index contributed by atoms with van der Waals surface area (Å²) in [4.78, 5) is 0. The molecule has 0 aromatic heterocycles. The molecule has 4 heteroatoms. The Morgan fingerprint density at radius 3 is 2.27 bits per heavy atom. The van der Waals surface area contributed by atoms with Gasteiger partial charge in [-0.15, -0.1) is 0 Å². The molecule has 1 fully saturated rings. The number of hydrogen-bond acceptors (Lipinski definition) is 3. The van der Waals surface area contributed by atoms with Crippen molar-refractivity contribution in [3.05, 3.63) is 0 Å². The Morgan fingerprint density at radius 2 is 1.91 bits per heavy atom. The molecule has 0 aromatic carbocycles. The summed E-state index contributed by atoms with van der Waals surface area (Å²) < 4.78 is 11.1. The van der Waals surface area contributed by atoms with Crippen molar-refractivity contribution in [3.8, 4) is 0 Å². The standard InChI is InChI=1S/C7H16AsNO2/c1-6(2)7(3,9)5-10-8(4)11-6/h5,9H2,1-4H3. The number of nitrogens with two attached hydrogens (primary N) is 1. The van der Waals surface area contributed by atoms with Gasteiger partial charge in [-0.2, -0.15) is 0 Å². The van der Waals surface area contributed by atoms with Crippen LogP contribution in [0.2, 0.25) is 5.71 Å². The Hall–Kier alpha value is 0.438. The van der Waals surface area contributed by atoms with Crippen LogP contribution in [0.5, 0.6) is 0 Å². The van der Waals surface area contributed by atoms with Crippen molar-refractivity contribution in [2.24, 2.45) is 5.73 Å². The van der Waals surface area contributed by atoms with Crippen LogP contribution in [0.1, 0.15) is 20.8 Å². The Labute approximate surface area is 73.2 Å². The second-order valence-electron chi connectivity index (χ2n) is 3.73. The van der Waals surface area contributed by atoms with Gasteiger partial charge in [0.15, 0.2) is 0 Å². The van der Waals surface area contributed by atoms with Gasteiger partial charge in [-0.05, 0) is 0 Å². The van der Waals surface area contributed by atoms with E-state index in [2.05, 4.69) is 0 Å². The van der Waals surface area contributed by atoms with Gasteiger partial charge in [-0.25, -0.2) is 0 Å². The van der Waals surface area contributed by atoms with Gasteiger partial charge in [-0.3, -0.25) is 0 Å². The molecule has 0 spiro atoms. The first-order chi connectivity index (χ1) is 4.85. The van der Waals surface area contributed by atoms with E-state index < -0.39 is 15.3 Å². The molecule has 1 heterocycles. The van der Waals surface area contributed by atoms with Crippen LogP contribution in [0, 0.1) is 0 Å². The summed E-state index contributed by atoms with van der Waals surface area (Å²) in [5.74, 6) is 0. The van der Waals surface area contributed by atoms with Crippen LogP contribution in [0.4, 0.5) is 0 Å². The zero-order chi connectivity index (χ0) is 8.70. The minimum atomic E-state index is -1.44. The molecule has 0 aromatic rings. The number of rotatable bonds is 0. The van der Waals surface area contributed by atoms with E-state index in [1.165, 1.54) is 0 Å². The fourth-order valence-electron chi connectivity index (χ4n) is 0.851. The maximum atomic E-state index is 5.99. The summed E-state index contributed by atoms with van der Waals surface area (Å²) in [6.07, 6.45) is 0. The average Bonchev–Trinajstić information content (AvgIpc) is 1.80. The Kier molecular flexibility index (Phi) is 2.37. The van der Waals surface area contributed by atoms with Gasteiger partial charge in [0.2, 0.25) is 0 Å². The van der Waals surface area contributed by atoms with Gasteiger partial charge in [0.1, 0.15) is 0 Å². The van der Waals surface area contributed by atoms with Crippen LogP contribution in [0.25, 0.3) is 0 Å². The molecule has 0 aliphatic carbocycles. The van der Waals surface area contributed by atoms with Gasteiger partial charge in [0.05, 0.1) is 0 Å². The first kappa shape index (κ1) is 9.53. The number of hydrogen-bond donors (Lipinski definition) is 1. The summed E-state index contributed by atoms with van der Waals surface area (Å²) in [5.41, 5.74) is 7.43. The Morgan fingerprint density at radius 1 is 1.36 bits per heavy atom. The second kappa shape index (κ2) is 2.74. The van der Waals surface area contributed by atoms with Gasteiger partial charge in [0.25, 0.3) is 0 Å². The quantitative estimate of drug-likeness (QED) is 0.611. The molecular weight excluding hydrogens is 205 g/mol. The van der Waals surface area contributed by atoms with Crippen LogP contribution in [0.15, 0.2) is 0 Å². The SMILES string of the molecule is C[As]1OCC(C)(N)C(C)(C)O1. The summed E-state index contributed by atoms with van der Waals surface area (Å²) in [6, 6.07) is 0. The van der Waals surface area contributed by atoms with E-state index in [1.54, 1.807) is 0 Å². The zero-order valence-electron chi connectivity index (χ0n) is 7.55. The van der Waals surface area contributed by atoms with E-state index in [4.69, 9.17) is 13.2 Å². The molecule has 2 unspecified atom stereocenters. The van der Waals surface area contributed by atoms with Crippen molar-refractivity contribution in [2.45, 2.75) is 37.6 Å². The molecule has 2 N–H and O–H groups in total. The van der Waals surface area contributed by atoms with E-state index in [9.17, 15) is 0 Å². The van der Waals surface area contributed by atoms with Crippen LogP contribution in [0.3, 0.4) is 0 Å². The summed E-state index contributed by atoms with van der Waals surface area (Å²) in [7, 11) is 0. The molecule has 1 saturated heterocycles. The van der Waals surface area contributed by atoms with Crippen molar-refractivity contribution < 1.29 is 7.45 Å². The van der Waals surface area contributed by atoms with Crippen LogP contribution in [-0.4, -0.2) is 33.1 Å². The third-order valence-electron chi connectivity index (χ3n) is 2.28. The third-order valence-corrected chi connectivity index (χ3v) is 4.81. The minimum absolute atomic E-state index is 0.236. The fraction of sp³-hybridized carbons (Fsp3) is 1.00. The van der Waals surface area contributed by atoms with E-state index >= 15 is 0 Å². The predicted molar refractivity (Wildman–Crippen MR) is 45.3 cm³/mol. The molecule has 1 rings (SSSR count). The molecule has 0 amide bonds. The monoisotopic (exact) mass is 221 g/mol. The first-order valence-corrected chi connectivity index (χ1v) is 7.11. The van der Waals surface area contributed by atoms with E-state index in [0.717, 1.165) is 0 Å². The van der Waals surface area contributed by atoms with Crippen molar-refractivity contribution >= 4 is 15.3 Å². The maximum absolute atomic E-state index is 5.99. The molecule has 1 aliphatic rings. The molecule has 66 valence electrons. The fourth-order valence-corrected chi connectivity index (χ4v) is 3.69. The Bertz CT molecular complexity index is 159. The molecule has 3 nitrogen and oxygen atoms in total. The van der Waals surface area contributed by atoms with Crippen LogP contribution in [-0.2, 0) is 7.45 Å². The van der Waals surface area contributed by atoms with E-state index in [0.29, 0.717) is 6.61 Å². The van der Waals surface area contributed by atoms with Gasteiger partial charge in [-0.1, -0.05) is 0 Å². The van der Waals surface area contributed by atoms with Crippen molar-refractivity contribution in [3.63, 3.8) is 0 Å². The molecule has 0 saturated carbocycles. The van der Waals surface area contributed by atoms with Gasteiger partial charge < -0.3 is 0 Å². The second-order valence-corrected chi connectivity index (χ2v) is 6.50. The topological polar surface area (TPSA) is 44.5 Å². The average molecular weight is 221 g/mol. The summed E-state index contributed by atoms with van der Waals surface area (Å²) >= 11 is -1.44. The van der Waals surface area contributed by atoms with Crippen molar-refractivity contribution in [1.29, 1.82) is 0 Å². The molecule has 0 bridgehead atoms. The Balaban J connectivity index is 2.72. The predicted octanol–water partition coefficient (Wildman–Crippen LogP) is 0.647. The summed E-state index contributed by atoms with van der Waals surface area (Å²) in [5, 5.41) is 0. The zero-order valence-corrected chi connectivity index (χ0v) is 9.42. The first-order valence-electron chi connectivity index (χ1n) is 3.70. The van der Waals surface area contributed by atoms with E-state index in [-0.39, 0.29) is 11.1 Å². The van der Waals surface area contributed by atoms with Crippen molar-refractivity contribution in [2.75, 3.05) is 6.61 Å². The molecule has 0 radical (unpaired) electrons. The molecule has 1 aliphatic heterocycles. The molecule has 2 atom stereocenters. The van der Waals surface area contributed by atoms with Gasteiger partial charge in [0, 0.05) is 0 Å².